The molecule has 1 saturated carbocycles. The second-order valence-corrected chi connectivity index (χ2v) is 6.76. The lowest BCUT2D eigenvalue weighted by Crippen LogP contribution is -2.52. The first-order chi connectivity index (χ1) is 9.35. The lowest BCUT2D eigenvalue weighted by molar-refractivity contribution is -0.0752. The van der Waals surface area contributed by atoms with Gasteiger partial charge in [0.15, 0.2) is 0 Å². The van der Waals surface area contributed by atoms with Crippen LogP contribution in [0.4, 0.5) is 11.6 Å². The van der Waals surface area contributed by atoms with Gasteiger partial charge < -0.3 is 15.4 Å². The fraction of sp³-hybridized carbons (Fsp3) is 0.733. The molecule has 3 rings (SSSR count). The van der Waals surface area contributed by atoms with E-state index in [1.807, 2.05) is 6.92 Å². The van der Waals surface area contributed by atoms with Crippen LogP contribution in [0.25, 0.3) is 0 Å². The summed E-state index contributed by atoms with van der Waals surface area (Å²) in [4.78, 5) is 11.6. The average molecular weight is 276 g/mol. The largest absolute Gasteiger partial charge is 0.383 e. The Labute approximate surface area is 120 Å². The molecule has 1 unspecified atom stereocenters. The van der Waals surface area contributed by atoms with Crippen molar-refractivity contribution in [2.24, 2.45) is 0 Å². The van der Waals surface area contributed by atoms with E-state index >= 15 is 0 Å². The molecule has 1 aromatic heterocycles. The smallest absolute Gasteiger partial charge is 0.137 e. The Kier molecular flexibility index (Phi) is 3.12. The maximum Gasteiger partial charge on any atom is 0.137 e. The van der Waals surface area contributed by atoms with Crippen molar-refractivity contribution < 1.29 is 4.74 Å². The third-order valence-electron chi connectivity index (χ3n) is 3.99. The summed E-state index contributed by atoms with van der Waals surface area (Å²) in [5.74, 6) is 3.04. The Hall–Kier alpha value is -1.36. The van der Waals surface area contributed by atoms with Crippen molar-refractivity contribution in [1.29, 1.82) is 0 Å². The van der Waals surface area contributed by atoms with Gasteiger partial charge >= 0.3 is 0 Å². The molecule has 2 aliphatic rings. The van der Waals surface area contributed by atoms with Crippen molar-refractivity contribution in [1.82, 2.24) is 9.97 Å². The van der Waals surface area contributed by atoms with Crippen LogP contribution < -0.4 is 10.6 Å². The van der Waals surface area contributed by atoms with Gasteiger partial charge in [0.25, 0.3) is 0 Å². The fourth-order valence-corrected chi connectivity index (χ4v) is 2.99. The maximum atomic E-state index is 6.09. The van der Waals surface area contributed by atoms with Crippen LogP contribution in [0.15, 0.2) is 0 Å². The van der Waals surface area contributed by atoms with Crippen molar-refractivity contribution in [3.05, 3.63) is 11.4 Å². The molecule has 110 valence electrons. The first-order valence-corrected chi connectivity index (χ1v) is 7.42. The van der Waals surface area contributed by atoms with E-state index in [4.69, 9.17) is 15.5 Å². The molecule has 0 bridgehead atoms. The third-order valence-corrected chi connectivity index (χ3v) is 3.99. The van der Waals surface area contributed by atoms with Crippen LogP contribution in [0.3, 0.4) is 0 Å². The van der Waals surface area contributed by atoms with Crippen molar-refractivity contribution >= 4 is 11.6 Å². The van der Waals surface area contributed by atoms with Crippen LogP contribution in [0.1, 0.15) is 50.9 Å². The van der Waals surface area contributed by atoms with Gasteiger partial charge in [-0.3, -0.25) is 0 Å². The van der Waals surface area contributed by atoms with E-state index in [-0.39, 0.29) is 11.7 Å². The normalized spacial score (nSPS) is 25.8. The van der Waals surface area contributed by atoms with E-state index in [1.165, 1.54) is 12.8 Å². The van der Waals surface area contributed by atoms with Gasteiger partial charge in [-0.1, -0.05) is 0 Å². The molecule has 0 aromatic carbocycles. The van der Waals surface area contributed by atoms with Gasteiger partial charge in [0, 0.05) is 24.6 Å². The van der Waals surface area contributed by atoms with Crippen LogP contribution in [0.2, 0.25) is 0 Å². The van der Waals surface area contributed by atoms with Crippen LogP contribution >= 0.6 is 0 Å². The summed E-state index contributed by atoms with van der Waals surface area (Å²) in [6, 6.07) is 0. The van der Waals surface area contributed by atoms with Gasteiger partial charge in [-0.05, 0) is 40.5 Å². The highest BCUT2D eigenvalue weighted by molar-refractivity contribution is 5.57. The predicted molar refractivity (Wildman–Crippen MR) is 80.0 cm³/mol. The van der Waals surface area contributed by atoms with Crippen molar-refractivity contribution in [3.63, 3.8) is 0 Å². The molecule has 0 spiro atoms. The summed E-state index contributed by atoms with van der Waals surface area (Å²) < 4.78 is 5.97. The van der Waals surface area contributed by atoms with Crippen molar-refractivity contribution in [2.45, 2.75) is 58.2 Å². The van der Waals surface area contributed by atoms with Crippen LogP contribution in [0.5, 0.6) is 0 Å². The van der Waals surface area contributed by atoms with Gasteiger partial charge in [-0.15, -0.1) is 0 Å². The van der Waals surface area contributed by atoms with Crippen LogP contribution in [-0.2, 0) is 4.74 Å². The Morgan fingerprint density at radius 2 is 2.00 bits per heavy atom. The lowest BCUT2D eigenvalue weighted by Gasteiger charge is -2.42. The zero-order valence-corrected chi connectivity index (χ0v) is 12.8. The molecule has 2 N–H and O–H groups in total. The summed E-state index contributed by atoms with van der Waals surface area (Å²) in [6.07, 6.45) is 2.57. The van der Waals surface area contributed by atoms with Gasteiger partial charge in [-0.2, -0.15) is 0 Å². The van der Waals surface area contributed by atoms with E-state index in [2.05, 4.69) is 30.7 Å². The summed E-state index contributed by atoms with van der Waals surface area (Å²) in [6.45, 7) is 10.0. The first kappa shape index (κ1) is 13.6. The van der Waals surface area contributed by atoms with Crippen LogP contribution in [0, 0.1) is 6.92 Å². The molecule has 1 atom stereocenters. The van der Waals surface area contributed by atoms with Crippen LogP contribution in [-0.4, -0.2) is 34.8 Å². The molecular formula is C15H24N4O. The molecule has 5 heteroatoms. The van der Waals surface area contributed by atoms with E-state index in [0.717, 1.165) is 30.3 Å². The fourth-order valence-electron chi connectivity index (χ4n) is 2.99. The van der Waals surface area contributed by atoms with Gasteiger partial charge in [-0.25, -0.2) is 9.97 Å². The number of morpholine rings is 1. The number of nitrogen functional groups attached to an aromatic ring is 1. The summed E-state index contributed by atoms with van der Waals surface area (Å²) in [7, 11) is 0. The summed E-state index contributed by atoms with van der Waals surface area (Å²) >= 11 is 0. The van der Waals surface area contributed by atoms with Gasteiger partial charge in [0.2, 0.25) is 0 Å². The summed E-state index contributed by atoms with van der Waals surface area (Å²) in [5, 5.41) is 0. The third kappa shape index (κ3) is 2.59. The lowest BCUT2D eigenvalue weighted by atomic mass is 10.0. The van der Waals surface area contributed by atoms with Crippen molar-refractivity contribution in [2.75, 3.05) is 23.7 Å². The number of anilines is 2. The Morgan fingerprint density at radius 3 is 2.60 bits per heavy atom. The second kappa shape index (κ2) is 4.58. The van der Waals surface area contributed by atoms with E-state index in [0.29, 0.717) is 11.7 Å². The van der Waals surface area contributed by atoms with E-state index in [1.54, 1.807) is 0 Å². The quantitative estimate of drug-likeness (QED) is 0.897. The minimum absolute atomic E-state index is 0.163. The SMILES string of the molecule is Cc1c(N)nc(C2CC2)nc1N1CC(C)OC(C)(C)C1. The van der Waals surface area contributed by atoms with Crippen molar-refractivity contribution in [3.8, 4) is 0 Å². The minimum Gasteiger partial charge on any atom is -0.383 e. The topological polar surface area (TPSA) is 64.3 Å². The number of aromatic nitrogens is 2. The Balaban J connectivity index is 1.96. The molecule has 5 nitrogen and oxygen atoms in total. The first-order valence-electron chi connectivity index (χ1n) is 7.42. The average Bonchev–Trinajstić information content (AvgIpc) is 3.13. The Bertz CT molecular complexity index is 525. The number of rotatable bonds is 2. The van der Waals surface area contributed by atoms with E-state index < -0.39 is 0 Å². The molecule has 1 aromatic rings. The molecule has 2 fully saturated rings. The molecule has 1 aliphatic carbocycles. The number of hydrogen-bond acceptors (Lipinski definition) is 5. The van der Waals surface area contributed by atoms with Gasteiger partial charge in [0.1, 0.15) is 17.5 Å². The predicted octanol–water partition coefficient (Wildman–Crippen LogP) is 2.25. The Morgan fingerprint density at radius 1 is 1.30 bits per heavy atom. The highest BCUT2D eigenvalue weighted by Gasteiger charge is 2.34. The molecule has 0 amide bonds. The minimum atomic E-state index is -0.163. The molecular weight excluding hydrogens is 252 g/mol. The highest BCUT2D eigenvalue weighted by atomic mass is 16.5. The second-order valence-electron chi connectivity index (χ2n) is 6.76. The van der Waals surface area contributed by atoms with E-state index in [9.17, 15) is 0 Å². The molecule has 0 radical (unpaired) electrons. The maximum absolute atomic E-state index is 6.09. The molecule has 1 saturated heterocycles. The number of ether oxygens (including phenoxy) is 1. The number of hydrogen-bond donors (Lipinski definition) is 1. The monoisotopic (exact) mass is 276 g/mol. The number of nitrogens with two attached hydrogens (primary N) is 1. The zero-order chi connectivity index (χ0) is 14.5. The molecule has 20 heavy (non-hydrogen) atoms. The molecule has 1 aliphatic heterocycles. The zero-order valence-electron chi connectivity index (χ0n) is 12.8. The summed E-state index contributed by atoms with van der Waals surface area (Å²) in [5.41, 5.74) is 6.91. The highest BCUT2D eigenvalue weighted by Crippen LogP contribution is 2.40. The molecule has 2 heterocycles. The van der Waals surface area contributed by atoms with Gasteiger partial charge in [0.05, 0.1) is 11.7 Å². The number of nitrogens with zero attached hydrogens (tertiary/aromatic N) is 3. The standard InChI is InChI=1S/C15H24N4O/c1-9-7-19(8-15(3,4)20-9)14-10(2)12(16)17-13(18-14)11-5-6-11/h9,11H,5-8H2,1-4H3,(H2,16,17,18).